The molecule has 2 heterocycles. The molecule has 1 atom stereocenters. The van der Waals surface area contributed by atoms with Gasteiger partial charge in [-0.1, -0.05) is 35.9 Å². The van der Waals surface area contributed by atoms with Gasteiger partial charge in [-0.25, -0.2) is 0 Å². The van der Waals surface area contributed by atoms with Crippen molar-refractivity contribution in [2.45, 2.75) is 11.8 Å². The van der Waals surface area contributed by atoms with Crippen LogP contribution < -0.4 is 9.80 Å². The Hall–Kier alpha value is -1.98. The summed E-state index contributed by atoms with van der Waals surface area (Å²) in [5.74, 6) is 0.0778. The van der Waals surface area contributed by atoms with Crippen LogP contribution in [-0.2, 0) is 14.5 Å². The van der Waals surface area contributed by atoms with Gasteiger partial charge in [0.25, 0.3) is 5.91 Å². The van der Waals surface area contributed by atoms with Crippen molar-refractivity contribution in [3.05, 3.63) is 58.6 Å². The predicted molar refractivity (Wildman–Crippen MR) is 97.7 cm³/mol. The van der Waals surface area contributed by atoms with Crippen LogP contribution in [-0.4, -0.2) is 24.6 Å². The second-order valence-corrected chi connectivity index (χ2v) is 7.55. The molecule has 6 heteroatoms. The van der Waals surface area contributed by atoms with Gasteiger partial charge in [0, 0.05) is 23.3 Å². The first-order chi connectivity index (χ1) is 11.5. The van der Waals surface area contributed by atoms with Crippen molar-refractivity contribution in [2.24, 2.45) is 0 Å². The van der Waals surface area contributed by atoms with Gasteiger partial charge in [-0.05, 0) is 30.7 Å². The molecule has 0 N–H and O–H groups in total. The van der Waals surface area contributed by atoms with E-state index in [0.29, 0.717) is 10.7 Å². The van der Waals surface area contributed by atoms with E-state index < -0.39 is 4.87 Å². The van der Waals surface area contributed by atoms with E-state index in [-0.39, 0.29) is 17.6 Å². The fraction of sp³-hybridized carbons (Fsp3) is 0.222. The SMILES string of the molecule is Cc1ccc(N2C(=O)CS[C@]23C(=O)N(C)c2ccccc23)cc1Cl. The van der Waals surface area contributed by atoms with Crippen LogP contribution in [0.5, 0.6) is 0 Å². The Balaban J connectivity index is 1.95. The zero-order valence-electron chi connectivity index (χ0n) is 13.2. The molecule has 1 spiro atoms. The van der Waals surface area contributed by atoms with E-state index in [0.717, 1.165) is 16.8 Å². The van der Waals surface area contributed by atoms with Crippen molar-refractivity contribution in [1.29, 1.82) is 0 Å². The summed E-state index contributed by atoms with van der Waals surface area (Å²) in [5.41, 5.74) is 3.28. The minimum Gasteiger partial charge on any atom is -0.312 e. The minimum atomic E-state index is -1.04. The summed E-state index contributed by atoms with van der Waals surface area (Å²) in [6.07, 6.45) is 0. The molecule has 2 aliphatic rings. The molecule has 2 aromatic rings. The molecular formula is C18H15ClN2O2S. The highest BCUT2D eigenvalue weighted by Crippen LogP contribution is 2.55. The maximum Gasteiger partial charge on any atom is 0.268 e. The average molecular weight is 359 g/mol. The summed E-state index contributed by atoms with van der Waals surface area (Å²) in [6, 6.07) is 13.1. The third-order valence-corrected chi connectivity index (χ3v) is 6.40. The maximum absolute atomic E-state index is 13.1. The minimum absolute atomic E-state index is 0.0848. The first-order valence-corrected chi connectivity index (χ1v) is 8.94. The van der Waals surface area contributed by atoms with Crippen molar-refractivity contribution in [3.8, 4) is 0 Å². The highest BCUT2D eigenvalue weighted by Gasteiger charge is 2.60. The topological polar surface area (TPSA) is 40.6 Å². The molecule has 0 saturated carbocycles. The number of halogens is 1. The number of hydrogen-bond acceptors (Lipinski definition) is 3. The summed E-state index contributed by atoms with van der Waals surface area (Å²) in [5, 5.41) is 0.583. The predicted octanol–water partition coefficient (Wildman–Crippen LogP) is 3.56. The lowest BCUT2D eigenvalue weighted by Gasteiger charge is -2.33. The number of amides is 2. The number of anilines is 2. The van der Waals surface area contributed by atoms with Gasteiger partial charge in [0.1, 0.15) is 0 Å². The Morgan fingerprint density at radius 3 is 2.67 bits per heavy atom. The van der Waals surface area contributed by atoms with Crippen molar-refractivity contribution in [2.75, 3.05) is 22.6 Å². The largest absolute Gasteiger partial charge is 0.312 e. The number of thioether (sulfide) groups is 1. The van der Waals surface area contributed by atoms with Crippen LogP contribution in [0.2, 0.25) is 5.02 Å². The number of aryl methyl sites for hydroxylation is 1. The lowest BCUT2D eigenvalue weighted by atomic mass is 10.0. The van der Waals surface area contributed by atoms with Gasteiger partial charge < -0.3 is 4.90 Å². The second kappa shape index (κ2) is 5.26. The Bertz CT molecular complexity index is 885. The fourth-order valence-corrected chi connectivity index (χ4v) is 4.94. The third-order valence-electron chi connectivity index (χ3n) is 4.61. The molecule has 4 nitrogen and oxygen atoms in total. The van der Waals surface area contributed by atoms with Crippen LogP contribution in [0.3, 0.4) is 0 Å². The van der Waals surface area contributed by atoms with Gasteiger partial charge in [-0.15, -0.1) is 11.8 Å². The van der Waals surface area contributed by atoms with E-state index in [9.17, 15) is 9.59 Å². The van der Waals surface area contributed by atoms with Crippen molar-refractivity contribution < 1.29 is 9.59 Å². The number of rotatable bonds is 1. The number of para-hydroxylation sites is 1. The van der Waals surface area contributed by atoms with Crippen LogP contribution in [0, 0.1) is 6.92 Å². The number of carbonyl (C=O) groups is 2. The molecule has 0 radical (unpaired) electrons. The summed E-state index contributed by atoms with van der Waals surface area (Å²) in [4.78, 5) is 28.0. The molecule has 122 valence electrons. The van der Waals surface area contributed by atoms with E-state index in [1.807, 2.05) is 43.3 Å². The average Bonchev–Trinajstić information content (AvgIpc) is 3.03. The van der Waals surface area contributed by atoms with Crippen molar-refractivity contribution in [1.82, 2.24) is 0 Å². The van der Waals surface area contributed by atoms with E-state index in [1.54, 1.807) is 22.9 Å². The van der Waals surface area contributed by atoms with E-state index in [2.05, 4.69) is 0 Å². The van der Waals surface area contributed by atoms with Gasteiger partial charge >= 0.3 is 0 Å². The zero-order chi connectivity index (χ0) is 17.1. The summed E-state index contributed by atoms with van der Waals surface area (Å²) < 4.78 is 0. The molecule has 1 saturated heterocycles. The number of nitrogens with zero attached hydrogens (tertiary/aromatic N) is 2. The van der Waals surface area contributed by atoms with Crippen LogP contribution in [0.1, 0.15) is 11.1 Å². The van der Waals surface area contributed by atoms with Gasteiger partial charge in [0.2, 0.25) is 10.8 Å². The number of carbonyl (C=O) groups excluding carboxylic acids is 2. The van der Waals surface area contributed by atoms with Gasteiger partial charge in [0.05, 0.1) is 11.4 Å². The first kappa shape index (κ1) is 15.5. The molecule has 0 unspecified atom stereocenters. The fourth-order valence-electron chi connectivity index (χ4n) is 3.38. The summed E-state index contributed by atoms with van der Waals surface area (Å²) >= 11 is 7.63. The smallest absolute Gasteiger partial charge is 0.268 e. The van der Waals surface area contributed by atoms with E-state index >= 15 is 0 Å². The van der Waals surface area contributed by atoms with Gasteiger partial charge in [-0.2, -0.15) is 0 Å². The molecule has 2 amide bonds. The Labute approximate surface area is 149 Å². The number of benzene rings is 2. The van der Waals surface area contributed by atoms with Crippen LogP contribution >= 0.6 is 23.4 Å². The van der Waals surface area contributed by atoms with Gasteiger partial charge in [-0.3, -0.25) is 14.5 Å². The van der Waals surface area contributed by atoms with Crippen molar-refractivity contribution >= 4 is 46.6 Å². The molecule has 24 heavy (non-hydrogen) atoms. The highest BCUT2D eigenvalue weighted by atomic mass is 35.5. The lowest BCUT2D eigenvalue weighted by Crippen LogP contribution is -2.49. The Morgan fingerprint density at radius 2 is 1.92 bits per heavy atom. The molecule has 0 bridgehead atoms. The highest BCUT2D eigenvalue weighted by molar-refractivity contribution is 8.02. The monoisotopic (exact) mass is 358 g/mol. The molecular weight excluding hydrogens is 344 g/mol. The molecule has 0 aromatic heterocycles. The van der Waals surface area contributed by atoms with Crippen molar-refractivity contribution in [3.63, 3.8) is 0 Å². The first-order valence-electron chi connectivity index (χ1n) is 7.57. The third kappa shape index (κ3) is 1.88. The Kier molecular flexibility index (Phi) is 3.41. The summed E-state index contributed by atoms with van der Waals surface area (Å²) in [7, 11) is 1.75. The Morgan fingerprint density at radius 1 is 1.17 bits per heavy atom. The number of hydrogen-bond donors (Lipinski definition) is 0. The van der Waals surface area contributed by atoms with E-state index in [4.69, 9.17) is 11.6 Å². The van der Waals surface area contributed by atoms with E-state index in [1.165, 1.54) is 11.8 Å². The number of fused-ring (bicyclic) bond motifs is 2. The molecule has 2 aromatic carbocycles. The molecule has 4 rings (SSSR count). The number of likely N-dealkylation sites (N-methyl/N-ethyl adjacent to an activating group) is 1. The molecule has 2 aliphatic heterocycles. The molecule has 0 aliphatic carbocycles. The summed E-state index contributed by atoms with van der Waals surface area (Å²) in [6.45, 7) is 1.91. The quantitative estimate of drug-likeness (QED) is 0.782. The second-order valence-electron chi connectivity index (χ2n) is 5.98. The molecule has 1 fully saturated rings. The lowest BCUT2D eigenvalue weighted by molar-refractivity contribution is -0.123. The zero-order valence-corrected chi connectivity index (χ0v) is 14.8. The van der Waals surface area contributed by atoms with Crippen LogP contribution in [0.15, 0.2) is 42.5 Å². The maximum atomic E-state index is 13.1. The van der Waals surface area contributed by atoms with Crippen LogP contribution in [0.25, 0.3) is 0 Å². The van der Waals surface area contributed by atoms with Gasteiger partial charge in [0.15, 0.2) is 0 Å². The standard InChI is InChI=1S/C18H15ClN2O2S/c1-11-7-8-12(9-14(11)19)21-16(22)10-24-18(21)13-5-3-4-6-15(13)20(2)17(18)23/h3-9H,10H2,1-2H3/t18-/m1/s1. The normalized spacial score (nSPS) is 22.6. The van der Waals surface area contributed by atoms with Crippen LogP contribution in [0.4, 0.5) is 11.4 Å².